The quantitative estimate of drug-likeness (QED) is 0.651. The minimum Gasteiger partial charge on any atom is -0.507 e. The average Bonchev–Trinajstić information content (AvgIpc) is 2.39. The molecule has 2 rings (SSSR count). The molecule has 0 saturated heterocycles. The van der Waals surface area contributed by atoms with Gasteiger partial charge in [-0.25, -0.2) is 4.79 Å². The van der Waals surface area contributed by atoms with Crippen molar-refractivity contribution < 1.29 is 19.9 Å². The topological polar surface area (TPSA) is 101 Å². The van der Waals surface area contributed by atoms with Crippen LogP contribution in [0.1, 0.15) is 10.4 Å². The molecule has 0 bridgehead atoms. The molecule has 6 nitrogen and oxygen atoms in total. The van der Waals surface area contributed by atoms with Crippen molar-refractivity contribution in [3.05, 3.63) is 58.1 Å². The Morgan fingerprint density at radius 2 is 1.89 bits per heavy atom. The number of carboxylic acid groups (broad SMARTS) is 1. The van der Waals surface area contributed by atoms with Crippen LogP contribution >= 0.6 is 0 Å². The van der Waals surface area contributed by atoms with E-state index in [9.17, 15) is 20.0 Å². The number of nitro benzene ring substituents is 1. The third-order valence-corrected chi connectivity index (χ3v) is 2.61. The van der Waals surface area contributed by atoms with Gasteiger partial charge in [0, 0.05) is 17.7 Å². The maximum Gasteiger partial charge on any atom is 0.335 e. The summed E-state index contributed by atoms with van der Waals surface area (Å²) in [6, 6.07) is 9.43. The van der Waals surface area contributed by atoms with E-state index in [2.05, 4.69) is 0 Å². The van der Waals surface area contributed by atoms with Gasteiger partial charge in [0.05, 0.1) is 10.5 Å². The summed E-state index contributed by atoms with van der Waals surface area (Å²) in [6.07, 6.45) is 0. The lowest BCUT2D eigenvalue weighted by molar-refractivity contribution is -0.384. The second-order valence-corrected chi connectivity index (χ2v) is 3.84. The zero-order chi connectivity index (χ0) is 14.0. The van der Waals surface area contributed by atoms with E-state index in [1.165, 1.54) is 36.4 Å². The van der Waals surface area contributed by atoms with E-state index in [1.807, 2.05) is 0 Å². The van der Waals surface area contributed by atoms with E-state index in [0.717, 1.165) is 0 Å². The van der Waals surface area contributed by atoms with Gasteiger partial charge in [-0.05, 0) is 23.8 Å². The van der Waals surface area contributed by atoms with E-state index >= 15 is 0 Å². The highest BCUT2D eigenvalue weighted by atomic mass is 16.6. The van der Waals surface area contributed by atoms with Crippen molar-refractivity contribution in [3.63, 3.8) is 0 Å². The Bertz CT molecular complexity index is 666. The van der Waals surface area contributed by atoms with E-state index in [1.54, 1.807) is 6.07 Å². The van der Waals surface area contributed by atoms with E-state index in [0.29, 0.717) is 5.56 Å². The molecule has 0 aromatic heterocycles. The van der Waals surface area contributed by atoms with Crippen LogP contribution in [0.25, 0.3) is 11.1 Å². The number of carbonyl (C=O) groups is 1. The van der Waals surface area contributed by atoms with Crippen molar-refractivity contribution in [2.75, 3.05) is 0 Å². The van der Waals surface area contributed by atoms with Crippen LogP contribution in [-0.4, -0.2) is 21.1 Å². The number of carboxylic acids is 1. The highest BCUT2D eigenvalue weighted by Gasteiger charge is 2.13. The van der Waals surface area contributed by atoms with E-state index in [4.69, 9.17) is 5.11 Å². The van der Waals surface area contributed by atoms with Gasteiger partial charge in [0.25, 0.3) is 5.69 Å². The minimum atomic E-state index is -1.10. The SMILES string of the molecule is O=C(O)c1cccc(-c2cc([N+](=O)[O-])ccc2O)c1. The average molecular weight is 259 g/mol. The normalized spacial score (nSPS) is 10.1. The monoisotopic (exact) mass is 259 g/mol. The molecule has 0 amide bonds. The fourth-order valence-corrected chi connectivity index (χ4v) is 1.69. The zero-order valence-corrected chi connectivity index (χ0v) is 9.61. The third-order valence-electron chi connectivity index (χ3n) is 2.61. The number of hydrogen-bond donors (Lipinski definition) is 2. The van der Waals surface area contributed by atoms with Gasteiger partial charge >= 0.3 is 5.97 Å². The third kappa shape index (κ3) is 2.52. The molecule has 0 radical (unpaired) electrons. The number of nitrogens with zero attached hydrogens (tertiary/aromatic N) is 1. The highest BCUT2D eigenvalue weighted by Crippen LogP contribution is 2.32. The second-order valence-electron chi connectivity index (χ2n) is 3.84. The molecule has 2 N–H and O–H groups in total. The van der Waals surface area contributed by atoms with E-state index in [-0.39, 0.29) is 22.6 Å². The predicted molar refractivity (Wildman–Crippen MR) is 67.2 cm³/mol. The van der Waals surface area contributed by atoms with Crippen molar-refractivity contribution in [1.82, 2.24) is 0 Å². The van der Waals surface area contributed by atoms with Gasteiger partial charge in [-0.1, -0.05) is 12.1 Å². The first-order valence-corrected chi connectivity index (χ1v) is 5.30. The summed E-state index contributed by atoms with van der Waals surface area (Å²) in [7, 11) is 0. The van der Waals surface area contributed by atoms with Crippen molar-refractivity contribution in [2.24, 2.45) is 0 Å². The lowest BCUT2D eigenvalue weighted by atomic mass is 10.0. The molecule has 0 fully saturated rings. The van der Waals surface area contributed by atoms with Crippen molar-refractivity contribution >= 4 is 11.7 Å². The summed E-state index contributed by atoms with van der Waals surface area (Å²) in [5, 5.41) is 29.3. The standard InChI is InChI=1S/C13H9NO5/c15-12-5-4-10(14(18)19)7-11(12)8-2-1-3-9(6-8)13(16)17/h1-7,15H,(H,16,17). The Morgan fingerprint density at radius 3 is 2.53 bits per heavy atom. The molecule has 96 valence electrons. The Morgan fingerprint density at radius 1 is 1.16 bits per heavy atom. The highest BCUT2D eigenvalue weighted by molar-refractivity contribution is 5.90. The summed E-state index contributed by atoms with van der Waals surface area (Å²) in [5.41, 5.74) is 0.496. The fraction of sp³-hybridized carbons (Fsp3) is 0. The molecule has 0 aliphatic carbocycles. The summed E-state index contributed by atoms with van der Waals surface area (Å²) in [4.78, 5) is 21.0. The molecule has 0 heterocycles. The van der Waals surface area contributed by atoms with Gasteiger partial charge < -0.3 is 10.2 Å². The molecule has 0 atom stereocenters. The Kier molecular flexibility index (Phi) is 3.15. The van der Waals surface area contributed by atoms with Crippen LogP contribution < -0.4 is 0 Å². The molecule has 0 unspecified atom stereocenters. The van der Waals surface area contributed by atoms with Crippen LogP contribution in [0.4, 0.5) is 5.69 Å². The maximum absolute atomic E-state index is 10.9. The number of hydrogen-bond acceptors (Lipinski definition) is 4. The summed E-state index contributed by atoms with van der Waals surface area (Å²) < 4.78 is 0. The number of nitro groups is 1. The first kappa shape index (κ1) is 12.6. The van der Waals surface area contributed by atoms with Gasteiger partial charge in [0.15, 0.2) is 0 Å². The van der Waals surface area contributed by atoms with Crippen LogP contribution in [-0.2, 0) is 0 Å². The lowest BCUT2D eigenvalue weighted by Crippen LogP contribution is -1.96. The summed E-state index contributed by atoms with van der Waals surface area (Å²) in [5.74, 6) is -1.25. The Labute approximate surface area is 107 Å². The summed E-state index contributed by atoms with van der Waals surface area (Å²) >= 11 is 0. The molecule has 2 aromatic carbocycles. The van der Waals surface area contributed by atoms with E-state index < -0.39 is 10.9 Å². The van der Waals surface area contributed by atoms with Crippen LogP contribution in [0.3, 0.4) is 0 Å². The van der Waals surface area contributed by atoms with Gasteiger partial charge in [-0.3, -0.25) is 10.1 Å². The molecule has 0 saturated carbocycles. The van der Waals surface area contributed by atoms with Gasteiger partial charge in [-0.2, -0.15) is 0 Å². The molecule has 0 aliphatic rings. The molecule has 0 spiro atoms. The number of aromatic carboxylic acids is 1. The molecular weight excluding hydrogens is 250 g/mol. The van der Waals surface area contributed by atoms with Crippen molar-refractivity contribution in [2.45, 2.75) is 0 Å². The second kappa shape index (κ2) is 4.77. The van der Waals surface area contributed by atoms with Crippen molar-refractivity contribution in [3.8, 4) is 16.9 Å². The number of non-ortho nitro benzene ring substituents is 1. The maximum atomic E-state index is 10.9. The molecule has 2 aromatic rings. The molecular formula is C13H9NO5. The molecule has 0 aliphatic heterocycles. The lowest BCUT2D eigenvalue weighted by Gasteiger charge is -2.05. The number of benzene rings is 2. The van der Waals surface area contributed by atoms with Crippen LogP contribution in [0.2, 0.25) is 0 Å². The smallest absolute Gasteiger partial charge is 0.335 e. The van der Waals surface area contributed by atoms with Crippen molar-refractivity contribution in [1.29, 1.82) is 0 Å². The molecule has 6 heteroatoms. The number of rotatable bonds is 3. The number of phenols is 1. The first-order chi connectivity index (χ1) is 8.99. The van der Waals surface area contributed by atoms with Crippen LogP contribution in [0.5, 0.6) is 5.75 Å². The largest absolute Gasteiger partial charge is 0.507 e. The first-order valence-electron chi connectivity index (χ1n) is 5.30. The fourth-order valence-electron chi connectivity index (χ4n) is 1.69. The number of phenolic OH excluding ortho intramolecular Hbond substituents is 1. The predicted octanol–water partition coefficient (Wildman–Crippen LogP) is 2.67. The number of aromatic hydroxyl groups is 1. The molecule has 19 heavy (non-hydrogen) atoms. The van der Waals surface area contributed by atoms with Gasteiger partial charge in [0.2, 0.25) is 0 Å². The Balaban J connectivity index is 2.57. The summed E-state index contributed by atoms with van der Waals surface area (Å²) in [6.45, 7) is 0. The minimum absolute atomic E-state index is 0.0448. The Hall–Kier alpha value is -2.89. The van der Waals surface area contributed by atoms with Gasteiger partial charge in [0.1, 0.15) is 5.75 Å². The van der Waals surface area contributed by atoms with Gasteiger partial charge in [-0.15, -0.1) is 0 Å². The van der Waals surface area contributed by atoms with Crippen LogP contribution in [0, 0.1) is 10.1 Å². The van der Waals surface area contributed by atoms with Crippen LogP contribution in [0.15, 0.2) is 42.5 Å². The zero-order valence-electron chi connectivity index (χ0n) is 9.61.